The Hall–Kier alpha value is -3.02. The molecule has 3 aromatic rings. The number of rotatable bonds is 14. The molecular formula is C27H36N2O4. The fraction of sp³-hybridized carbons (Fsp3) is 0.481. The van der Waals surface area contributed by atoms with Crippen molar-refractivity contribution in [3.05, 3.63) is 54.1 Å². The van der Waals surface area contributed by atoms with Crippen LogP contribution in [0.4, 0.5) is 6.01 Å². The van der Waals surface area contributed by atoms with E-state index in [1.807, 2.05) is 48.5 Å². The van der Waals surface area contributed by atoms with Crippen LogP contribution in [0.2, 0.25) is 0 Å². The Labute approximate surface area is 196 Å². The molecule has 3 rings (SSSR count). The van der Waals surface area contributed by atoms with Crippen molar-refractivity contribution >= 4 is 23.1 Å². The van der Waals surface area contributed by atoms with Crippen molar-refractivity contribution in [2.24, 2.45) is 0 Å². The molecule has 178 valence electrons. The number of para-hydroxylation sites is 2. The number of unbranched alkanes of at least 4 members (excludes halogenated alkanes) is 4. The van der Waals surface area contributed by atoms with Crippen LogP contribution in [0.25, 0.3) is 11.1 Å². The van der Waals surface area contributed by atoms with Crippen LogP contribution in [-0.4, -0.2) is 34.8 Å². The van der Waals surface area contributed by atoms with Crippen LogP contribution in [0, 0.1) is 0 Å². The fourth-order valence-electron chi connectivity index (χ4n) is 3.74. The molecule has 0 aliphatic carbocycles. The highest BCUT2D eigenvalue weighted by molar-refractivity contribution is 5.76. The number of fused-ring (bicyclic) bond motifs is 1. The summed E-state index contributed by atoms with van der Waals surface area (Å²) >= 11 is 0. The third-order valence-corrected chi connectivity index (χ3v) is 5.79. The molecule has 2 aromatic carbocycles. The number of aromatic nitrogens is 1. The summed E-state index contributed by atoms with van der Waals surface area (Å²) in [5.41, 5.74) is 1.65. The van der Waals surface area contributed by atoms with E-state index < -0.39 is 11.6 Å². The molecule has 0 atom stereocenters. The number of hydrogen-bond acceptors (Lipinski definition) is 5. The summed E-state index contributed by atoms with van der Waals surface area (Å²) in [4.78, 5) is 18.2. The zero-order valence-corrected chi connectivity index (χ0v) is 20.0. The number of carboxylic acid groups (broad SMARTS) is 1. The molecule has 6 nitrogen and oxygen atoms in total. The Morgan fingerprint density at radius 3 is 2.39 bits per heavy atom. The normalized spacial score (nSPS) is 11.6. The Morgan fingerprint density at radius 1 is 1.00 bits per heavy atom. The standard InChI is InChI=1S/C27H36N2O4/c1-4-5-6-7-10-19-29(26-28-23-13-8-9-14-24(23)32-26)20-11-12-21-15-17-22(18-16-21)33-27(2,3)25(30)31/h8-9,13-18H,4-7,10-12,19-20H2,1-3H3,(H,30,31). The van der Waals surface area contributed by atoms with Crippen LogP contribution in [0.5, 0.6) is 5.75 Å². The van der Waals surface area contributed by atoms with Gasteiger partial charge in [-0.2, -0.15) is 4.98 Å². The highest BCUT2D eigenvalue weighted by Crippen LogP contribution is 2.23. The second kappa shape index (κ2) is 11.7. The maximum absolute atomic E-state index is 11.3. The number of aliphatic carboxylic acids is 1. The molecular weight excluding hydrogens is 416 g/mol. The molecule has 0 aliphatic rings. The largest absolute Gasteiger partial charge is 0.478 e. The maximum atomic E-state index is 11.3. The molecule has 1 aromatic heterocycles. The average Bonchev–Trinajstić information content (AvgIpc) is 3.22. The predicted molar refractivity (Wildman–Crippen MR) is 132 cm³/mol. The van der Waals surface area contributed by atoms with Crippen LogP contribution in [0.3, 0.4) is 0 Å². The first-order chi connectivity index (χ1) is 15.9. The van der Waals surface area contributed by atoms with E-state index in [1.165, 1.54) is 31.2 Å². The van der Waals surface area contributed by atoms with Gasteiger partial charge in [0.15, 0.2) is 11.2 Å². The lowest BCUT2D eigenvalue weighted by Crippen LogP contribution is -2.37. The number of oxazole rings is 1. The van der Waals surface area contributed by atoms with Crippen LogP contribution >= 0.6 is 0 Å². The zero-order valence-electron chi connectivity index (χ0n) is 20.0. The van der Waals surface area contributed by atoms with Crippen molar-refractivity contribution in [2.45, 2.75) is 71.3 Å². The Kier molecular flexibility index (Phi) is 8.75. The van der Waals surface area contributed by atoms with E-state index >= 15 is 0 Å². The second-order valence-electron chi connectivity index (χ2n) is 9.03. The third-order valence-electron chi connectivity index (χ3n) is 5.79. The third kappa shape index (κ3) is 7.24. The summed E-state index contributed by atoms with van der Waals surface area (Å²) in [6.07, 6.45) is 8.02. The first-order valence-electron chi connectivity index (χ1n) is 12.0. The van der Waals surface area contributed by atoms with Gasteiger partial charge in [0.05, 0.1) is 0 Å². The van der Waals surface area contributed by atoms with Crippen molar-refractivity contribution in [3.8, 4) is 5.75 Å². The summed E-state index contributed by atoms with van der Waals surface area (Å²) in [6.45, 7) is 7.13. The topological polar surface area (TPSA) is 75.8 Å². The van der Waals surface area contributed by atoms with Crippen molar-refractivity contribution < 1.29 is 19.1 Å². The molecule has 1 N–H and O–H groups in total. The van der Waals surface area contributed by atoms with Gasteiger partial charge in [-0.05, 0) is 62.9 Å². The highest BCUT2D eigenvalue weighted by atomic mass is 16.5. The molecule has 0 radical (unpaired) electrons. The number of carbonyl (C=O) groups is 1. The van der Waals surface area contributed by atoms with E-state index in [0.29, 0.717) is 11.8 Å². The van der Waals surface area contributed by atoms with Gasteiger partial charge in [-0.1, -0.05) is 56.9 Å². The van der Waals surface area contributed by atoms with Gasteiger partial charge in [-0.15, -0.1) is 0 Å². The number of hydrogen-bond donors (Lipinski definition) is 1. The smallest absolute Gasteiger partial charge is 0.347 e. The summed E-state index contributed by atoms with van der Waals surface area (Å²) < 4.78 is 11.6. The SMILES string of the molecule is CCCCCCCN(CCCc1ccc(OC(C)(C)C(=O)O)cc1)c1nc2ccccc2o1. The van der Waals surface area contributed by atoms with Gasteiger partial charge in [-0.25, -0.2) is 4.79 Å². The van der Waals surface area contributed by atoms with E-state index in [9.17, 15) is 9.90 Å². The van der Waals surface area contributed by atoms with Crippen molar-refractivity contribution in [1.29, 1.82) is 0 Å². The number of ether oxygens (including phenoxy) is 1. The monoisotopic (exact) mass is 452 g/mol. The number of nitrogens with zero attached hydrogens (tertiary/aromatic N) is 2. The Bertz CT molecular complexity index is 977. The van der Waals surface area contributed by atoms with E-state index in [0.717, 1.165) is 43.5 Å². The van der Waals surface area contributed by atoms with Crippen LogP contribution in [-0.2, 0) is 11.2 Å². The predicted octanol–water partition coefficient (Wildman–Crippen LogP) is 6.48. The molecule has 0 unspecified atom stereocenters. The maximum Gasteiger partial charge on any atom is 0.347 e. The summed E-state index contributed by atoms with van der Waals surface area (Å²) in [5.74, 6) is -0.424. The lowest BCUT2D eigenvalue weighted by atomic mass is 10.1. The van der Waals surface area contributed by atoms with Gasteiger partial charge in [0, 0.05) is 13.1 Å². The van der Waals surface area contributed by atoms with Crippen molar-refractivity contribution in [2.75, 3.05) is 18.0 Å². The zero-order chi connectivity index (χ0) is 23.7. The average molecular weight is 453 g/mol. The van der Waals surface area contributed by atoms with Crippen LogP contribution in [0.1, 0.15) is 64.9 Å². The van der Waals surface area contributed by atoms with E-state index in [2.05, 4.69) is 11.8 Å². The molecule has 1 heterocycles. The molecule has 0 bridgehead atoms. The van der Waals surface area contributed by atoms with E-state index in [-0.39, 0.29) is 0 Å². The molecule has 0 fully saturated rings. The van der Waals surface area contributed by atoms with Gasteiger partial charge in [0.25, 0.3) is 6.01 Å². The van der Waals surface area contributed by atoms with Gasteiger partial charge >= 0.3 is 5.97 Å². The molecule has 0 saturated heterocycles. The van der Waals surface area contributed by atoms with Crippen molar-refractivity contribution in [3.63, 3.8) is 0 Å². The molecule has 33 heavy (non-hydrogen) atoms. The molecule has 0 aliphatic heterocycles. The van der Waals surface area contributed by atoms with Crippen molar-refractivity contribution in [1.82, 2.24) is 4.98 Å². The molecule has 0 saturated carbocycles. The van der Waals surface area contributed by atoms with Gasteiger partial charge in [-0.3, -0.25) is 0 Å². The quantitative estimate of drug-likeness (QED) is 0.282. The van der Waals surface area contributed by atoms with Gasteiger partial charge < -0.3 is 19.2 Å². The van der Waals surface area contributed by atoms with Gasteiger partial charge in [0.1, 0.15) is 11.3 Å². The minimum atomic E-state index is -1.25. The van der Waals surface area contributed by atoms with Crippen LogP contribution in [0.15, 0.2) is 52.9 Å². The highest BCUT2D eigenvalue weighted by Gasteiger charge is 2.29. The number of anilines is 1. The summed E-state index contributed by atoms with van der Waals surface area (Å²) in [6, 6.07) is 16.3. The van der Waals surface area contributed by atoms with E-state index in [4.69, 9.17) is 14.1 Å². The Morgan fingerprint density at radius 2 is 1.70 bits per heavy atom. The summed E-state index contributed by atoms with van der Waals surface area (Å²) in [7, 11) is 0. The first kappa shape index (κ1) is 24.6. The molecule has 0 spiro atoms. The van der Waals surface area contributed by atoms with E-state index in [1.54, 1.807) is 13.8 Å². The van der Waals surface area contributed by atoms with Gasteiger partial charge in [0.2, 0.25) is 0 Å². The summed E-state index contributed by atoms with van der Waals surface area (Å²) in [5, 5.41) is 9.23. The second-order valence-corrected chi connectivity index (χ2v) is 9.03. The minimum Gasteiger partial charge on any atom is -0.478 e. The lowest BCUT2D eigenvalue weighted by molar-refractivity contribution is -0.152. The number of benzene rings is 2. The number of carboxylic acids is 1. The lowest BCUT2D eigenvalue weighted by Gasteiger charge is -2.22. The number of aryl methyl sites for hydroxylation is 1. The minimum absolute atomic E-state index is 0.561. The molecule has 0 amide bonds. The first-order valence-corrected chi connectivity index (χ1v) is 12.0. The Balaban J connectivity index is 1.57. The fourth-order valence-corrected chi connectivity index (χ4v) is 3.74. The molecule has 6 heteroatoms. The van der Waals surface area contributed by atoms with Crippen LogP contribution < -0.4 is 9.64 Å².